The molecule has 39 heavy (non-hydrogen) atoms. The fraction of sp³-hybridized carbons (Fsp3) is 0.542. The van der Waals surface area contributed by atoms with Crippen molar-refractivity contribution in [1.29, 1.82) is 0 Å². The number of carboxylic acid groups (broad SMARTS) is 1. The summed E-state index contributed by atoms with van der Waals surface area (Å²) in [6.45, 7) is 4.83. The third kappa shape index (κ3) is 9.21. The highest BCUT2D eigenvalue weighted by Crippen LogP contribution is 2.44. The largest absolute Gasteiger partial charge is 0.478 e. The third-order valence-electron chi connectivity index (χ3n) is 5.23. The molecule has 1 aromatic heterocycles. The Labute approximate surface area is 228 Å². The van der Waals surface area contributed by atoms with Crippen LogP contribution in [0, 0.1) is 0 Å². The minimum Gasteiger partial charge on any atom is -0.478 e. The van der Waals surface area contributed by atoms with Crippen molar-refractivity contribution >= 4 is 47.5 Å². The number of pyridine rings is 1. The van der Waals surface area contributed by atoms with Gasteiger partial charge in [-0.25, -0.2) is 9.78 Å². The van der Waals surface area contributed by atoms with Crippen molar-refractivity contribution in [2.75, 3.05) is 6.61 Å². The third-order valence-corrected chi connectivity index (χ3v) is 6.45. The quantitative estimate of drug-likeness (QED) is 0.277. The van der Waals surface area contributed by atoms with Gasteiger partial charge in [-0.1, -0.05) is 17.8 Å². The van der Waals surface area contributed by atoms with Crippen molar-refractivity contribution in [3.05, 3.63) is 24.4 Å². The van der Waals surface area contributed by atoms with Crippen molar-refractivity contribution < 1.29 is 57.6 Å². The normalized spacial score (nSPS) is 23.9. The van der Waals surface area contributed by atoms with Gasteiger partial charge in [0.1, 0.15) is 18.8 Å². The number of aliphatic carboxylic acids is 1. The van der Waals surface area contributed by atoms with E-state index < -0.39 is 84.2 Å². The van der Waals surface area contributed by atoms with Gasteiger partial charge in [0.25, 0.3) is 0 Å². The Morgan fingerprint density at radius 3 is 2.21 bits per heavy atom. The van der Waals surface area contributed by atoms with Gasteiger partial charge in [0.2, 0.25) is 10.8 Å². The lowest BCUT2D eigenvalue weighted by atomic mass is 9.89. The molecule has 0 spiro atoms. The molecule has 1 fully saturated rings. The molecular weight excluding hydrogens is 540 g/mol. The number of esters is 4. The summed E-state index contributed by atoms with van der Waals surface area (Å²) in [6, 6.07) is 3.47. The predicted octanol–water partition coefficient (Wildman–Crippen LogP) is 0.606. The Morgan fingerprint density at radius 2 is 1.72 bits per heavy atom. The number of carbonyl (C=O) groups excluding carboxylic acids is 5. The van der Waals surface area contributed by atoms with Crippen molar-refractivity contribution in [2.45, 2.75) is 81.5 Å². The number of amides is 1. The number of carboxylic acids is 1. The Bertz CT molecular complexity index is 1080. The van der Waals surface area contributed by atoms with Crippen LogP contribution in [0.1, 0.15) is 41.0 Å². The van der Waals surface area contributed by atoms with Crippen LogP contribution >= 0.6 is 11.8 Å². The van der Waals surface area contributed by atoms with Gasteiger partial charge in [-0.05, 0) is 12.1 Å². The van der Waals surface area contributed by atoms with E-state index in [0.29, 0.717) is 11.8 Å². The Morgan fingerprint density at radius 1 is 1.05 bits per heavy atom. The number of ether oxygens (including phenoxy) is 5. The highest BCUT2D eigenvalue weighted by atomic mass is 32.2. The molecule has 0 bridgehead atoms. The molecule has 0 aliphatic carbocycles. The molecule has 214 valence electrons. The van der Waals surface area contributed by atoms with Crippen molar-refractivity contribution in [3.8, 4) is 0 Å². The van der Waals surface area contributed by atoms with E-state index in [1.165, 1.54) is 12.3 Å². The molecule has 0 radical (unpaired) electrons. The van der Waals surface area contributed by atoms with Gasteiger partial charge in [-0.15, -0.1) is 0 Å². The number of hydrogen-bond donors (Lipinski definition) is 2. The zero-order valence-electron chi connectivity index (χ0n) is 21.9. The first-order chi connectivity index (χ1) is 18.2. The van der Waals surface area contributed by atoms with Gasteiger partial charge in [0.05, 0.1) is 11.1 Å². The Balaban J connectivity index is 2.72. The molecule has 1 aromatic rings. The Kier molecular flexibility index (Phi) is 11.2. The number of aromatic nitrogens is 1. The molecule has 6 atom stereocenters. The van der Waals surface area contributed by atoms with E-state index in [0.717, 1.165) is 34.6 Å². The molecule has 1 saturated heterocycles. The number of rotatable bonds is 11. The summed E-state index contributed by atoms with van der Waals surface area (Å²) in [4.78, 5) is 74.5. The summed E-state index contributed by atoms with van der Waals surface area (Å²) >= 11 is 0.685. The molecule has 2 N–H and O–H groups in total. The average molecular weight is 571 g/mol. The van der Waals surface area contributed by atoms with Gasteiger partial charge in [-0.3, -0.25) is 24.0 Å². The standard InChI is InChI=1S/C24H30N2O12S/c1-12(27)26-20-17(35-14(3)29)10-24(23(32)33,39-19-8-6-7-9-25-19)38-22(20)21(37-16(5)31)18(36-15(4)30)11-34-13(2)28/h6-9,17-18,20-22H,10-11H2,1-5H3,(H,26,27)(H,32,33)/t17-,18-,20-,21-,22?,24+/m1/s1. The van der Waals surface area contributed by atoms with Crippen molar-refractivity contribution in [3.63, 3.8) is 0 Å². The summed E-state index contributed by atoms with van der Waals surface area (Å²) in [5, 5.41) is 13.1. The maximum atomic E-state index is 12.7. The fourth-order valence-corrected chi connectivity index (χ4v) is 5.02. The van der Waals surface area contributed by atoms with E-state index >= 15 is 0 Å². The van der Waals surface area contributed by atoms with Crippen LogP contribution in [0.2, 0.25) is 0 Å². The van der Waals surface area contributed by atoms with Gasteiger partial charge < -0.3 is 34.1 Å². The minimum atomic E-state index is -2.19. The van der Waals surface area contributed by atoms with Gasteiger partial charge in [0, 0.05) is 47.2 Å². The zero-order chi connectivity index (χ0) is 29.3. The summed E-state index contributed by atoms with van der Waals surface area (Å²) in [5.41, 5.74) is 0. The first-order valence-electron chi connectivity index (χ1n) is 11.7. The van der Waals surface area contributed by atoms with Crippen molar-refractivity contribution in [2.24, 2.45) is 0 Å². The lowest BCUT2D eigenvalue weighted by Gasteiger charge is -2.48. The van der Waals surface area contributed by atoms with Gasteiger partial charge in [-0.2, -0.15) is 0 Å². The molecule has 15 heteroatoms. The van der Waals surface area contributed by atoms with E-state index in [4.69, 9.17) is 23.7 Å². The maximum absolute atomic E-state index is 12.7. The topological polar surface area (TPSA) is 194 Å². The first-order valence-corrected chi connectivity index (χ1v) is 12.5. The molecule has 2 rings (SSSR count). The number of nitrogens with one attached hydrogen (secondary N) is 1. The van der Waals surface area contributed by atoms with Gasteiger partial charge >= 0.3 is 29.8 Å². The highest BCUT2D eigenvalue weighted by Gasteiger charge is 2.58. The molecule has 1 amide bonds. The molecule has 1 unspecified atom stereocenters. The maximum Gasteiger partial charge on any atom is 0.347 e. The number of thioether (sulfide) groups is 1. The number of nitrogens with zero attached hydrogens (tertiary/aromatic N) is 1. The lowest BCUT2D eigenvalue weighted by molar-refractivity contribution is -0.223. The molecule has 1 aliphatic heterocycles. The van der Waals surface area contributed by atoms with E-state index in [-0.39, 0.29) is 5.03 Å². The lowest BCUT2D eigenvalue weighted by Crippen LogP contribution is -2.67. The fourth-order valence-electron chi connectivity index (χ4n) is 3.93. The Hall–Kier alpha value is -3.72. The van der Waals surface area contributed by atoms with E-state index in [2.05, 4.69) is 10.3 Å². The second kappa shape index (κ2) is 13.9. The van der Waals surface area contributed by atoms with Crippen LogP contribution in [-0.2, 0) is 52.5 Å². The van der Waals surface area contributed by atoms with Crippen LogP contribution in [-0.4, -0.2) is 87.8 Å². The van der Waals surface area contributed by atoms with Crippen LogP contribution in [0.5, 0.6) is 0 Å². The first kappa shape index (κ1) is 31.5. The second-order valence-corrected chi connectivity index (χ2v) is 9.80. The molecule has 0 aromatic carbocycles. The van der Waals surface area contributed by atoms with Crippen LogP contribution < -0.4 is 5.32 Å². The number of carbonyl (C=O) groups is 6. The average Bonchev–Trinajstić information content (AvgIpc) is 2.81. The molecule has 2 heterocycles. The van der Waals surface area contributed by atoms with Crippen molar-refractivity contribution in [1.82, 2.24) is 10.3 Å². The molecular formula is C24H30N2O12S. The zero-order valence-corrected chi connectivity index (χ0v) is 22.7. The predicted molar refractivity (Wildman–Crippen MR) is 131 cm³/mol. The number of hydrogen-bond acceptors (Lipinski definition) is 13. The molecule has 1 aliphatic rings. The van der Waals surface area contributed by atoms with E-state index in [1.807, 2.05) is 0 Å². The molecule has 14 nitrogen and oxygen atoms in total. The van der Waals surface area contributed by atoms with E-state index in [1.54, 1.807) is 12.1 Å². The molecule has 0 saturated carbocycles. The summed E-state index contributed by atoms with van der Waals surface area (Å²) in [6.07, 6.45) is -5.08. The van der Waals surface area contributed by atoms with E-state index in [9.17, 15) is 33.9 Å². The minimum absolute atomic E-state index is 0.235. The summed E-state index contributed by atoms with van der Waals surface area (Å²) < 4.78 is 27.2. The van der Waals surface area contributed by atoms with Crippen LogP contribution in [0.25, 0.3) is 0 Å². The van der Waals surface area contributed by atoms with Crippen LogP contribution in [0.15, 0.2) is 29.4 Å². The SMILES string of the molecule is CC(=O)N[C@H]1C([C@H](OC(C)=O)[C@@H](COC(C)=O)OC(C)=O)O[C@@](Sc2ccccn2)(C(=O)O)C[C@H]1OC(C)=O. The van der Waals surface area contributed by atoms with Crippen LogP contribution in [0.3, 0.4) is 0 Å². The second-order valence-electron chi connectivity index (χ2n) is 8.51. The van der Waals surface area contributed by atoms with Gasteiger partial charge in [0.15, 0.2) is 12.2 Å². The summed E-state index contributed by atoms with van der Waals surface area (Å²) in [7, 11) is 0. The summed E-state index contributed by atoms with van der Waals surface area (Å²) in [5.74, 6) is -5.39. The monoisotopic (exact) mass is 570 g/mol. The van der Waals surface area contributed by atoms with Crippen LogP contribution in [0.4, 0.5) is 0 Å². The highest BCUT2D eigenvalue weighted by molar-refractivity contribution is 8.01. The smallest absolute Gasteiger partial charge is 0.347 e.